The normalized spacial score (nSPS) is 30.1. The van der Waals surface area contributed by atoms with E-state index in [4.69, 9.17) is 4.74 Å². The summed E-state index contributed by atoms with van der Waals surface area (Å²) in [5.41, 5.74) is 1.03. The summed E-state index contributed by atoms with van der Waals surface area (Å²) in [4.78, 5) is 6.68. The van der Waals surface area contributed by atoms with Gasteiger partial charge in [-0.05, 0) is 31.4 Å². The third kappa shape index (κ3) is 3.15. The smallest absolute Gasteiger partial charge is 0.217 e. The molecule has 126 valence electrons. The van der Waals surface area contributed by atoms with Gasteiger partial charge < -0.3 is 4.74 Å². The number of morpholine rings is 1. The van der Waals surface area contributed by atoms with Crippen molar-refractivity contribution in [2.75, 3.05) is 26.2 Å². The third-order valence-electron chi connectivity index (χ3n) is 5.00. The molecule has 2 atom stereocenters. The molecule has 3 fully saturated rings. The Kier molecular flexibility index (Phi) is 4.13. The molecule has 1 aliphatic carbocycles. The molecule has 0 bridgehead atoms. The monoisotopic (exact) mass is 337 g/mol. The number of hydrogen-bond donors (Lipinski definition) is 0. The number of nitrogens with zero attached hydrogens (tertiary/aromatic N) is 3. The first-order chi connectivity index (χ1) is 11.1. The van der Waals surface area contributed by atoms with Crippen LogP contribution in [0.1, 0.15) is 25.0 Å². The van der Waals surface area contributed by atoms with Crippen LogP contribution in [0.2, 0.25) is 0 Å². The summed E-state index contributed by atoms with van der Waals surface area (Å²) in [7, 11) is -3.14. The Bertz CT molecular complexity index is 648. The van der Waals surface area contributed by atoms with E-state index >= 15 is 0 Å². The molecule has 0 spiro atoms. The van der Waals surface area contributed by atoms with E-state index < -0.39 is 10.0 Å². The lowest BCUT2D eigenvalue weighted by Crippen LogP contribution is -2.61. The average molecular weight is 337 g/mol. The van der Waals surface area contributed by atoms with Gasteiger partial charge in [0.2, 0.25) is 10.0 Å². The molecule has 4 rings (SSSR count). The van der Waals surface area contributed by atoms with Gasteiger partial charge in [-0.15, -0.1) is 0 Å². The summed E-state index contributed by atoms with van der Waals surface area (Å²) in [5, 5.41) is -0.146. The second kappa shape index (κ2) is 6.12. The van der Waals surface area contributed by atoms with Crippen LogP contribution in [0.15, 0.2) is 24.4 Å². The maximum Gasteiger partial charge on any atom is 0.217 e. The lowest BCUT2D eigenvalue weighted by Gasteiger charge is -2.46. The maximum atomic E-state index is 12.7. The summed E-state index contributed by atoms with van der Waals surface area (Å²) < 4.78 is 33.0. The Morgan fingerprint density at radius 3 is 2.83 bits per heavy atom. The zero-order valence-corrected chi connectivity index (χ0v) is 14.0. The van der Waals surface area contributed by atoms with Gasteiger partial charge in [0.15, 0.2) is 0 Å². The fourth-order valence-electron chi connectivity index (χ4n) is 3.64. The third-order valence-corrected chi connectivity index (χ3v) is 7.42. The molecular formula is C16H23N3O3S. The number of ether oxygens (including phenoxy) is 1. The van der Waals surface area contributed by atoms with Crippen LogP contribution in [0.4, 0.5) is 0 Å². The van der Waals surface area contributed by atoms with E-state index in [0.29, 0.717) is 13.2 Å². The highest BCUT2D eigenvalue weighted by Crippen LogP contribution is 2.35. The molecule has 3 heterocycles. The fourth-order valence-corrected chi connectivity index (χ4v) is 5.67. The molecule has 1 saturated carbocycles. The van der Waals surface area contributed by atoms with Crippen molar-refractivity contribution in [1.29, 1.82) is 0 Å². The van der Waals surface area contributed by atoms with Gasteiger partial charge in [0.1, 0.15) is 0 Å². The van der Waals surface area contributed by atoms with Gasteiger partial charge in [0, 0.05) is 32.4 Å². The summed E-state index contributed by atoms with van der Waals surface area (Å²) >= 11 is 0. The molecule has 2 saturated heterocycles. The average Bonchev–Trinajstić information content (AvgIpc) is 3.40. The predicted molar refractivity (Wildman–Crippen MR) is 86.3 cm³/mol. The van der Waals surface area contributed by atoms with Crippen LogP contribution in [0.3, 0.4) is 0 Å². The first-order valence-corrected chi connectivity index (χ1v) is 9.89. The van der Waals surface area contributed by atoms with E-state index in [2.05, 4.69) is 9.88 Å². The van der Waals surface area contributed by atoms with Crippen molar-refractivity contribution >= 4 is 10.0 Å². The van der Waals surface area contributed by atoms with Gasteiger partial charge in [-0.25, -0.2) is 8.42 Å². The van der Waals surface area contributed by atoms with E-state index in [-0.39, 0.29) is 17.4 Å². The van der Waals surface area contributed by atoms with Gasteiger partial charge in [0.25, 0.3) is 0 Å². The fraction of sp³-hybridized carbons (Fsp3) is 0.688. The molecule has 0 aromatic carbocycles. The molecule has 1 aromatic rings. The van der Waals surface area contributed by atoms with Crippen molar-refractivity contribution in [1.82, 2.24) is 14.2 Å². The molecule has 7 heteroatoms. The SMILES string of the molecule is O=S(=O)(C1CC1)N1CCO[C@@H]2CCN(Cc3ccccn3)C[C@H]21. The highest BCUT2D eigenvalue weighted by atomic mass is 32.2. The number of pyridine rings is 1. The Balaban J connectivity index is 1.49. The largest absolute Gasteiger partial charge is 0.375 e. The quantitative estimate of drug-likeness (QED) is 0.815. The molecule has 6 nitrogen and oxygen atoms in total. The number of fused-ring (bicyclic) bond motifs is 1. The van der Waals surface area contributed by atoms with Gasteiger partial charge in [-0.2, -0.15) is 4.31 Å². The number of piperidine rings is 1. The standard InChI is InChI=1S/C16H23N3O3S/c20-23(21,14-4-5-14)19-9-10-22-16-6-8-18(12-15(16)19)11-13-3-1-2-7-17-13/h1-3,7,14-16H,4-6,8-12H2/t15-,16-/m1/s1. The molecule has 1 aromatic heterocycles. The van der Waals surface area contributed by atoms with Gasteiger partial charge >= 0.3 is 0 Å². The van der Waals surface area contributed by atoms with Crippen molar-refractivity contribution in [2.24, 2.45) is 0 Å². The molecule has 0 amide bonds. The summed E-state index contributed by atoms with van der Waals surface area (Å²) in [5.74, 6) is 0. The van der Waals surface area contributed by atoms with E-state index in [1.54, 1.807) is 10.5 Å². The summed E-state index contributed by atoms with van der Waals surface area (Å²) in [6.07, 6.45) is 4.35. The Labute approximate surface area is 137 Å². The lowest BCUT2D eigenvalue weighted by atomic mass is 10.0. The Morgan fingerprint density at radius 1 is 1.22 bits per heavy atom. The number of likely N-dealkylation sites (tertiary alicyclic amines) is 1. The van der Waals surface area contributed by atoms with Crippen LogP contribution in [0.25, 0.3) is 0 Å². The van der Waals surface area contributed by atoms with E-state index in [1.807, 2.05) is 18.2 Å². The van der Waals surface area contributed by atoms with E-state index in [1.165, 1.54) is 0 Å². The minimum atomic E-state index is -3.14. The predicted octanol–water partition coefficient (Wildman–Crippen LogP) is 0.849. The Morgan fingerprint density at radius 2 is 2.09 bits per heavy atom. The molecule has 2 aliphatic heterocycles. The number of sulfonamides is 1. The molecule has 23 heavy (non-hydrogen) atoms. The zero-order chi connectivity index (χ0) is 15.9. The second-order valence-corrected chi connectivity index (χ2v) is 8.84. The number of hydrogen-bond acceptors (Lipinski definition) is 5. The minimum absolute atomic E-state index is 0.0391. The van der Waals surface area contributed by atoms with Crippen molar-refractivity contribution in [3.05, 3.63) is 30.1 Å². The highest BCUT2D eigenvalue weighted by molar-refractivity contribution is 7.90. The number of rotatable bonds is 4. The van der Waals surface area contributed by atoms with Crippen molar-refractivity contribution in [3.63, 3.8) is 0 Å². The first kappa shape index (κ1) is 15.5. The zero-order valence-electron chi connectivity index (χ0n) is 13.2. The maximum absolute atomic E-state index is 12.7. The lowest BCUT2D eigenvalue weighted by molar-refractivity contribution is -0.0772. The van der Waals surface area contributed by atoms with Gasteiger partial charge in [-0.3, -0.25) is 9.88 Å². The van der Waals surface area contributed by atoms with Crippen LogP contribution < -0.4 is 0 Å². The Hall–Kier alpha value is -1.02. The van der Waals surface area contributed by atoms with Crippen LogP contribution >= 0.6 is 0 Å². The van der Waals surface area contributed by atoms with Crippen molar-refractivity contribution < 1.29 is 13.2 Å². The number of aromatic nitrogens is 1. The minimum Gasteiger partial charge on any atom is -0.375 e. The van der Waals surface area contributed by atoms with Gasteiger partial charge in [-0.1, -0.05) is 6.07 Å². The van der Waals surface area contributed by atoms with Crippen molar-refractivity contribution in [2.45, 2.75) is 43.2 Å². The topological polar surface area (TPSA) is 62.7 Å². The van der Waals surface area contributed by atoms with E-state index in [0.717, 1.165) is 44.6 Å². The van der Waals surface area contributed by atoms with Gasteiger partial charge in [0.05, 0.1) is 29.7 Å². The van der Waals surface area contributed by atoms with Crippen LogP contribution in [0.5, 0.6) is 0 Å². The molecule has 3 aliphatic rings. The summed E-state index contributed by atoms with van der Waals surface area (Å²) in [6.45, 7) is 3.44. The second-order valence-electron chi connectivity index (χ2n) is 6.68. The van der Waals surface area contributed by atoms with Crippen LogP contribution in [-0.4, -0.2) is 66.2 Å². The van der Waals surface area contributed by atoms with Crippen LogP contribution in [-0.2, 0) is 21.3 Å². The van der Waals surface area contributed by atoms with Crippen molar-refractivity contribution in [3.8, 4) is 0 Å². The highest BCUT2D eigenvalue weighted by Gasteiger charge is 2.47. The van der Waals surface area contributed by atoms with E-state index in [9.17, 15) is 8.42 Å². The summed E-state index contributed by atoms with van der Waals surface area (Å²) in [6, 6.07) is 5.87. The molecule has 0 radical (unpaired) electrons. The molecular weight excluding hydrogens is 314 g/mol. The first-order valence-electron chi connectivity index (χ1n) is 8.39. The molecule has 0 N–H and O–H groups in total. The van der Waals surface area contributed by atoms with Crippen LogP contribution in [0, 0.1) is 0 Å². The molecule has 0 unspecified atom stereocenters.